The van der Waals surface area contributed by atoms with E-state index in [-0.39, 0.29) is 5.91 Å². The van der Waals surface area contributed by atoms with Crippen molar-refractivity contribution in [1.82, 2.24) is 15.2 Å². The van der Waals surface area contributed by atoms with Crippen molar-refractivity contribution in [3.8, 4) is 0 Å². The van der Waals surface area contributed by atoms with Gasteiger partial charge in [0.25, 0.3) is 5.91 Å². The zero-order chi connectivity index (χ0) is 15.7. The first-order valence-electron chi connectivity index (χ1n) is 7.52. The smallest absolute Gasteiger partial charge is 0.255 e. The van der Waals surface area contributed by atoms with Crippen LogP contribution in [0, 0.1) is 0 Å². The van der Waals surface area contributed by atoms with Crippen LogP contribution >= 0.6 is 15.9 Å². The summed E-state index contributed by atoms with van der Waals surface area (Å²) in [6.07, 6.45) is 2.64. The molecule has 1 heterocycles. The summed E-state index contributed by atoms with van der Waals surface area (Å²) in [5, 5.41) is 6.07. The number of amides is 1. The molecule has 0 atom stereocenters. The Hall–Kier alpha value is -1.14. The van der Waals surface area contributed by atoms with Crippen molar-refractivity contribution in [1.29, 1.82) is 0 Å². The van der Waals surface area contributed by atoms with E-state index in [0.29, 0.717) is 17.9 Å². The molecule has 0 saturated carbocycles. The second-order valence-electron chi connectivity index (χ2n) is 4.72. The van der Waals surface area contributed by atoms with Crippen molar-refractivity contribution in [2.75, 3.05) is 38.0 Å². The fourth-order valence-electron chi connectivity index (χ4n) is 2.06. The number of halogens is 1. The Labute approximate surface area is 135 Å². The molecule has 21 heavy (non-hydrogen) atoms. The Morgan fingerprint density at radius 3 is 2.67 bits per heavy atom. The third-order valence-electron chi connectivity index (χ3n) is 3.27. The maximum Gasteiger partial charge on any atom is 0.255 e. The van der Waals surface area contributed by atoms with E-state index in [1.54, 1.807) is 12.3 Å². The molecule has 0 aliphatic carbocycles. The highest BCUT2D eigenvalue weighted by atomic mass is 79.9. The Morgan fingerprint density at radius 1 is 1.33 bits per heavy atom. The third-order valence-corrected chi connectivity index (χ3v) is 3.71. The number of carbonyl (C=O) groups excluding carboxylic acids is 1. The Balaban J connectivity index is 2.53. The molecule has 1 rings (SSSR count). The molecule has 1 aromatic rings. The van der Waals surface area contributed by atoms with Crippen molar-refractivity contribution in [2.45, 2.75) is 27.2 Å². The van der Waals surface area contributed by atoms with Crippen LogP contribution in [-0.4, -0.2) is 48.5 Å². The second-order valence-corrected chi connectivity index (χ2v) is 5.63. The molecule has 1 amide bonds. The standard InChI is InChI=1S/C15H25BrN4O/c1-4-17-14-13(10-12(16)11-19-14)15(21)18-8-7-9-20(5-2)6-3/h10-11H,4-9H2,1-3H3,(H,17,19)(H,18,21). The molecule has 0 unspecified atom stereocenters. The number of nitrogens with one attached hydrogen (secondary N) is 2. The highest BCUT2D eigenvalue weighted by Crippen LogP contribution is 2.17. The lowest BCUT2D eigenvalue weighted by atomic mass is 10.2. The minimum Gasteiger partial charge on any atom is -0.370 e. The minimum absolute atomic E-state index is 0.0840. The zero-order valence-electron chi connectivity index (χ0n) is 13.1. The summed E-state index contributed by atoms with van der Waals surface area (Å²) in [6.45, 7) is 10.8. The Morgan fingerprint density at radius 2 is 2.05 bits per heavy atom. The molecule has 0 aromatic carbocycles. The lowest BCUT2D eigenvalue weighted by Gasteiger charge is -2.17. The van der Waals surface area contributed by atoms with E-state index in [1.165, 1.54) is 0 Å². The first kappa shape index (κ1) is 17.9. The molecule has 0 aliphatic rings. The van der Waals surface area contributed by atoms with Crippen LogP contribution in [0.2, 0.25) is 0 Å². The summed E-state index contributed by atoms with van der Waals surface area (Å²) < 4.78 is 0.803. The molecule has 0 fully saturated rings. The van der Waals surface area contributed by atoms with E-state index in [9.17, 15) is 4.79 Å². The molecule has 0 aliphatic heterocycles. The number of hydrogen-bond acceptors (Lipinski definition) is 4. The van der Waals surface area contributed by atoms with Crippen LogP contribution in [0.25, 0.3) is 0 Å². The van der Waals surface area contributed by atoms with E-state index < -0.39 is 0 Å². The first-order chi connectivity index (χ1) is 10.1. The summed E-state index contributed by atoms with van der Waals surface area (Å²) in [7, 11) is 0. The fraction of sp³-hybridized carbons (Fsp3) is 0.600. The summed E-state index contributed by atoms with van der Waals surface area (Å²) in [4.78, 5) is 18.8. The second kappa shape index (κ2) is 9.73. The molecular formula is C15H25BrN4O. The van der Waals surface area contributed by atoms with Crippen LogP contribution in [-0.2, 0) is 0 Å². The van der Waals surface area contributed by atoms with Crippen molar-refractivity contribution in [3.63, 3.8) is 0 Å². The predicted octanol–water partition coefficient (Wildman–Crippen LogP) is 2.74. The van der Waals surface area contributed by atoms with Gasteiger partial charge < -0.3 is 15.5 Å². The molecular weight excluding hydrogens is 332 g/mol. The average Bonchev–Trinajstić information content (AvgIpc) is 2.49. The lowest BCUT2D eigenvalue weighted by Crippen LogP contribution is -2.30. The van der Waals surface area contributed by atoms with E-state index in [2.05, 4.69) is 50.3 Å². The van der Waals surface area contributed by atoms with Gasteiger partial charge in [0.1, 0.15) is 5.82 Å². The van der Waals surface area contributed by atoms with Gasteiger partial charge in [-0.15, -0.1) is 0 Å². The third kappa shape index (κ3) is 6.01. The van der Waals surface area contributed by atoms with E-state index >= 15 is 0 Å². The van der Waals surface area contributed by atoms with Crippen LogP contribution in [0.1, 0.15) is 37.6 Å². The largest absolute Gasteiger partial charge is 0.370 e. The van der Waals surface area contributed by atoms with Gasteiger partial charge in [-0.3, -0.25) is 4.79 Å². The number of carbonyl (C=O) groups is 1. The summed E-state index contributed by atoms with van der Waals surface area (Å²) in [5.41, 5.74) is 0.578. The SMILES string of the molecule is CCNc1ncc(Br)cc1C(=O)NCCCN(CC)CC. The Kier molecular flexibility index (Phi) is 8.30. The van der Waals surface area contributed by atoms with E-state index in [4.69, 9.17) is 0 Å². The van der Waals surface area contributed by atoms with Crippen LogP contribution < -0.4 is 10.6 Å². The molecule has 0 radical (unpaired) electrons. The highest BCUT2D eigenvalue weighted by Gasteiger charge is 2.12. The summed E-state index contributed by atoms with van der Waals surface area (Å²) >= 11 is 3.36. The number of nitrogens with zero attached hydrogens (tertiary/aromatic N) is 2. The molecule has 1 aromatic heterocycles. The molecule has 0 bridgehead atoms. The van der Waals surface area contributed by atoms with Gasteiger partial charge in [-0.2, -0.15) is 0 Å². The Bertz CT molecular complexity index is 449. The van der Waals surface area contributed by atoms with Crippen molar-refractivity contribution in [2.24, 2.45) is 0 Å². The zero-order valence-corrected chi connectivity index (χ0v) is 14.7. The van der Waals surface area contributed by atoms with Crippen molar-refractivity contribution < 1.29 is 4.79 Å². The molecule has 0 saturated heterocycles. The summed E-state index contributed by atoms with van der Waals surface area (Å²) in [5.74, 6) is 0.543. The number of anilines is 1. The van der Waals surface area contributed by atoms with Crippen LogP contribution in [0.4, 0.5) is 5.82 Å². The van der Waals surface area contributed by atoms with E-state index in [0.717, 1.165) is 37.1 Å². The minimum atomic E-state index is -0.0840. The molecule has 0 spiro atoms. The molecule has 5 nitrogen and oxygen atoms in total. The van der Waals surface area contributed by atoms with Gasteiger partial charge >= 0.3 is 0 Å². The van der Waals surface area contributed by atoms with Crippen LogP contribution in [0.5, 0.6) is 0 Å². The van der Waals surface area contributed by atoms with E-state index in [1.807, 2.05) is 6.92 Å². The maximum absolute atomic E-state index is 12.3. The predicted molar refractivity (Wildman–Crippen MR) is 90.8 cm³/mol. The average molecular weight is 357 g/mol. The van der Waals surface area contributed by atoms with Gasteiger partial charge in [0, 0.05) is 23.8 Å². The van der Waals surface area contributed by atoms with Gasteiger partial charge in [0.05, 0.1) is 5.56 Å². The lowest BCUT2D eigenvalue weighted by molar-refractivity contribution is 0.0952. The molecule has 6 heteroatoms. The van der Waals surface area contributed by atoms with Gasteiger partial charge in [0.15, 0.2) is 0 Å². The number of rotatable bonds is 9. The van der Waals surface area contributed by atoms with Crippen LogP contribution in [0.15, 0.2) is 16.7 Å². The van der Waals surface area contributed by atoms with Crippen molar-refractivity contribution in [3.05, 3.63) is 22.3 Å². The molecule has 2 N–H and O–H groups in total. The van der Waals surface area contributed by atoms with Crippen LogP contribution in [0.3, 0.4) is 0 Å². The number of aromatic nitrogens is 1. The van der Waals surface area contributed by atoms with Gasteiger partial charge in [0.2, 0.25) is 0 Å². The number of hydrogen-bond donors (Lipinski definition) is 2. The fourth-order valence-corrected chi connectivity index (χ4v) is 2.39. The van der Waals surface area contributed by atoms with Gasteiger partial charge in [-0.25, -0.2) is 4.98 Å². The number of pyridine rings is 1. The maximum atomic E-state index is 12.3. The summed E-state index contributed by atoms with van der Waals surface area (Å²) in [6, 6.07) is 1.80. The monoisotopic (exact) mass is 356 g/mol. The first-order valence-corrected chi connectivity index (χ1v) is 8.31. The van der Waals surface area contributed by atoms with Crippen molar-refractivity contribution >= 4 is 27.7 Å². The quantitative estimate of drug-likeness (QED) is 0.668. The van der Waals surface area contributed by atoms with Gasteiger partial charge in [-0.05, 0) is 55.0 Å². The molecule has 118 valence electrons. The highest BCUT2D eigenvalue weighted by molar-refractivity contribution is 9.10. The topological polar surface area (TPSA) is 57.3 Å². The normalized spacial score (nSPS) is 10.7. The van der Waals surface area contributed by atoms with Gasteiger partial charge in [-0.1, -0.05) is 13.8 Å².